The number of esters is 1. The molecule has 3 rings (SSSR count). The Balaban J connectivity index is 1.56. The van der Waals surface area contributed by atoms with E-state index in [0.717, 1.165) is 16.7 Å². The highest BCUT2D eigenvalue weighted by Gasteiger charge is 2.13. The van der Waals surface area contributed by atoms with Crippen molar-refractivity contribution < 1.29 is 23.8 Å². The summed E-state index contributed by atoms with van der Waals surface area (Å²) in [6, 6.07) is 17.8. The van der Waals surface area contributed by atoms with Crippen molar-refractivity contribution in [2.75, 3.05) is 13.7 Å². The molecule has 0 aliphatic carbocycles. The van der Waals surface area contributed by atoms with Crippen molar-refractivity contribution in [1.82, 2.24) is 5.43 Å². The topological polar surface area (TPSA) is 86.2 Å². The normalized spacial score (nSPS) is 10.7. The number of nitrogens with one attached hydrogen (secondary N) is 1. The molecular weight excluding hydrogens is 420 g/mol. The molecule has 3 aromatic carbocycles. The Morgan fingerprint density at radius 3 is 2.27 bits per heavy atom. The molecule has 0 unspecified atom stereocenters. The summed E-state index contributed by atoms with van der Waals surface area (Å²) in [7, 11) is 1.48. The van der Waals surface area contributed by atoms with E-state index in [-0.39, 0.29) is 18.3 Å². The number of rotatable bonds is 8. The van der Waals surface area contributed by atoms with Crippen molar-refractivity contribution in [1.29, 1.82) is 0 Å². The Morgan fingerprint density at radius 1 is 0.879 bits per heavy atom. The van der Waals surface area contributed by atoms with Crippen LogP contribution in [-0.4, -0.2) is 31.8 Å². The van der Waals surface area contributed by atoms with Crippen LogP contribution < -0.4 is 19.6 Å². The van der Waals surface area contributed by atoms with Crippen LogP contribution in [0.2, 0.25) is 0 Å². The fourth-order valence-corrected chi connectivity index (χ4v) is 3.01. The van der Waals surface area contributed by atoms with Gasteiger partial charge in [-0.1, -0.05) is 35.4 Å². The van der Waals surface area contributed by atoms with Gasteiger partial charge in [-0.2, -0.15) is 5.10 Å². The maximum Gasteiger partial charge on any atom is 0.343 e. The standard InChI is InChI=1S/C26H26N2O5/c1-17-5-9-21(10-6-17)26(30)33-23-12-8-20(14-24(23)31-4)15-27-28-25(29)16-32-22-11-7-18(2)13-19(22)3/h5-15H,16H2,1-4H3,(H,28,29). The lowest BCUT2D eigenvalue weighted by molar-refractivity contribution is -0.123. The molecule has 7 heteroatoms. The van der Waals surface area contributed by atoms with E-state index < -0.39 is 5.97 Å². The van der Waals surface area contributed by atoms with E-state index in [9.17, 15) is 9.59 Å². The lowest BCUT2D eigenvalue weighted by Gasteiger charge is -2.10. The Kier molecular flexibility index (Phi) is 7.81. The molecule has 0 fully saturated rings. The smallest absolute Gasteiger partial charge is 0.343 e. The molecule has 0 heterocycles. The summed E-state index contributed by atoms with van der Waals surface area (Å²) < 4.78 is 16.3. The maximum atomic E-state index is 12.4. The number of hydrazone groups is 1. The molecule has 0 saturated heterocycles. The molecule has 0 spiro atoms. The van der Waals surface area contributed by atoms with Gasteiger partial charge >= 0.3 is 5.97 Å². The number of nitrogens with zero attached hydrogens (tertiary/aromatic N) is 1. The van der Waals surface area contributed by atoms with Gasteiger partial charge in [0.2, 0.25) is 0 Å². The van der Waals surface area contributed by atoms with Crippen molar-refractivity contribution >= 4 is 18.1 Å². The first-order chi connectivity index (χ1) is 15.9. The van der Waals surface area contributed by atoms with E-state index in [1.54, 1.807) is 30.3 Å². The van der Waals surface area contributed by atoms with E-state index in [4.69, 9.17) is 14.2 Å². The van der Waals surface area contributed by atoms with Gasteiger partial charge in [-0.05, 0) is 68.3 Å². The Morgan fingerprint density at radius 2 is 1.58 bits per heavy atom. The third-order valence-corrected chi connectivity index (χ3v) is 4.77. The van der Waals surface area contributed by atoms with Crippen LogP contribution in [0.1, 0.15) is 32.6 Å². The third-order valence-electron chi connectivity index (χ3n) is 4.77. The molecule has 0 radical (unpaired) electrons. The summed E-state index contributed by atoms with van der Waals surface area (Å²) in [6.45, 7) is 5.71. The molecule has 0 aliphatic rings. The first-order valence-corrected chi connectivity index (χ1v) is 10.3. The van der Waals surface area contributed by atoms with Crippen molar-refractivity contribution in [3.8, 4) is 17.2 Å². The van der Waals surface area contributed by atoms with Crippen LogP contribution in [0, 0.1) is 20.8 Å². The van der Waals surface area contributed by atoms with Gasteiger partial charge in [0, 0.05) is 0 Å². The zero-order chi connectivity index (χ0) is 23.8. The van der Waals surface area contributed by atoms with Gasteiger partial charge in [-0.3, -0.25) is 4.79 Å². The second-order valence-electron chi connectivity index (χ2n) is 7.52. The van der Waals surface area contributed by atoms with E-state index in [2.05, 4.69) is 10.5 Å². The summed E-state index contributed by atoms with van der Waals surface area (Å²) in [5.41, 5.74) is 6.65. The number of amides is 1. The lowest BCUT2D eigenvalue weighted by Crippen LogP contribution is -2.24. The molecule has 7 nitrogen and oxygen atoms in total. The van der Waals surface area contributed by atoms with Crippen molar-refractivity contribution in [3.63, 3.8) is 0 Å². The van der Waals surface area contributed by atoms with Crippen LogP contribution in [0.4, 0.5) is 0 Å². The minimum atomic E-state index is -0.481. The number of hydrogen-bond acceptors (Lipinski definition) is 6. The lowest BCUT2D eigenvalue weighted by atomic mass is 10.1. The van der Waals surface area contributed by atoms with Crippen molar-refractivity contribution in [2.45, 2.75) is 20.8 Å². The molecule has 0 atom stereocenters. The SMILES string of the molecule is COc1cc(C=NNC(=O)COc2ccc(C)cc2C)ccc1OC(=O)c1ccc(C)cc1. The van der Waals surface area contributed by atoms with Gasteiger partial charge in [-0.15, -0.1) is 0 Å². The molecule has 3 aromatic rings. The molecule has 1 amide bonds. The Hall–Kier alpha value is -4.13. The predicted octanol–water partition coefficient (Wildman–Crippen LogP) is 4.37. The highest BCUT2D eigenvalue weighted by molar-refractivity contribution is 5.91. The van der Waals surface area contributed by atoms with Crippen LogP contribution >= 0.6 is 0 Å². The summed E-state index contributed by atoms with van der Waals surface area (Å²) in [4.78, 5) is 24.4. The largest absolute Gasteiger partial charge is 0.493 e. The van der Waals surface area contributed by atoms with Crippen LogP contribution in [0.3, 0.4) is 0 Å². The van der Waals surface area contributed by atoms with Gasteiger partial charge < -0.3 is 14.2 Å². The maximum absolute atomic E-state index is 12.4. The van der Waals surface area contributed by atoms with E-state index in [1.165, 1.54) is 13.3 Å². The van der Waals surface area contributed by atoms with Gasteiger partial charge in [0.25, 0.3) is 5.91 Å². The number of hydrogen-bond donors (Lipinski definition) is 1. The molecule has 0 saturated carbocycles. The predicted molar refractivity (Wildman–Crippen MR) is 126 cm³/mol. The van der Waals surface area contributed by atoms with Gasteiger partial charge in [0.1, 0.15) is 5.75 Å². The Bertz CT molecular complexity index is 1170. The van der Waals surface area contributed by atoms with Gasteiger partial charge in [-0.25, -0.2) is 10.2 Å². The quantitative estimate of drug-likeness (QED) is 0.240. The molecule has 0 bridgehead atoms. The molecule has 170 valence electrons. The van der Waals surface area contributed by atoms with Crippen LogP contribution in [0.15, 0.2) is 65.8 Å². The van der Waals surface area contributed by atoms with Gasteiger partial charge in [0.15, 0.2) is 18.1 Å². The zero-order valence-corrected chi connectivity index (χ0v) is 19.0. The summed E-state index contributed by atoms with van der Waals surface area (Å²) in [6.07, 6.45) is 1.46. The summed E-state index contributed by atoms with van der Waals surface area (Å²) in [5, 5.41) is 3.94. The number of aryl methyl sites for hydroxylation is 3. The molecule has 0 aliphatic heterocycles. The highest BCUT2D eigenvalue weighted by Crippen LogP contribution is 2.28. The van der Waals surface area contributed by atoms with Crippen molar-refractivity contribution in [2.24, 2.45) is 5.10 Å². The average Bonchev–Trinajstić information content (AvgIpc) is 2.79. The minimum absolute atomic E-state index is 0.154. The monoisotopic (exact) mass is 446 g/mol. The van der Waals surface area contributed by atoms with E-state index in [0.29, 0.717) is 22.6 Å². The second kappa shape index (κ2) is 10.9. The number of carbonyl (C=O) groups is 2. The molecule has 0 aromatic heterocycles. The van der Waals surface area contributed by atoms with E-state index in [1.807, 2.05) is 51.1 Å². The first kappa shape index (κ1) is 23.5. The molecular formula is C26H26N2O5. The average molecular weight is 447 g/mol. The molecule has 1 N–H and O–H groups in total. The van der Waals surface area contributed by atoms with E-state index >= 15 is 0 Å². The Labute approximate surface area is 193 Å². The number of ether oxygens (including phenoxy) is 3. The first-order valence-electron chi connectivity index (χ1n) is 10.3. The minimum Gasteiger partial charge on any atom is -0.493 e. The zero-order valence-electron chi connectivity index (χ0n) is 19.0. The molecule has 33 heavy (non-hydrogen) atoms. The summed E-state index contributed by atoms with van der Waals surface area (Å²) >= 11 is 0. The van der Waals surface area contributed by atoms with Crippen LogP contribution in [0.25, 0.3) is 0 Å². The third kappa shape index (κ3) is 6.67. The van der Waals surface area contributed by atoms with Crippen LogP contribution in [0.5, 0.6) is 17.2 Å². The number of carbonyl (C=O) groups excluding carboxylic acids is 2. The number of benzene rings is 3. The number of methoxy groups -OCH3 is 1. The summed E-state index contributed by atoms with van der Waals surface area (Å²) in [5.74, 6) is 0.433. The van der Waals surface area contributed by atoms with Crippen molar-refractivity contribution in [3.05, 3.63) is 88.5 Å². The fraction of sp³-hybridized carbons (Fsp3) is 0.192. The van der Waals surface area contributed by atoms with Gasteiger partial charge in [0.05, 0.1) is 18.9 Å². The highest BCUT2D eigenvalue weighted by atomic mass is 16.6. The fourth-order valence-electron chi connectivity index (χ4n) is 3.01. The second-order valence-corrected chi connectivity index (χ2v) is 7.52. The van der Waals surface area contributed by atoms with Crippen LogP contribution in [-0.2, 0) is 4.79 Å².